The lowest BCUT2D eigenvalue weighted by Crippen LogP contribution is -2.09. The maximum atomic E-state index is 12.3. The van der Waals surface area contributed by atoms with E-state index in [9.17, 15) is 18.0 Å². The molecule has 17 heavy (non-hydrogen) atoms. The van der Waals surface area contributed by atoms with Crippen molar-refractivity contribution in [2.75, 3.05) is 0 Å². The lowest BCUT2D eigenvalue weighted by atomic mass is 10.2. The van der Waals surface area contributed by atoms with E-state index >= 15 is 0 Å². The van der Waals surface area contributed by atoms with E-state index in [1.54, 1.807) is 12.1 Å². The summed E-state index contributed by atoms with van der Waals surface area (Å²) in [5.41, 5.74) is 0.497. The van der Waals surface area contributed by atoms with Gasteiger partial charge >= 0.3 is 6.18 Å². The zero-order valence-electron chi connectivity index (χ0n) is 8.35. The van der Waals surface area contributed by atoms with Crippen LogP contribution in [0.4, 0.5) is 13.2 Å². The van der Waals surface area contributed by atoms with E-state index in [1.807, 2.05) is 0 Å². The van der Waals surface area contributed by atoms with Crippen LogP contribution >= 0.6 is 0 Å². The number of alkyl halides is 3. The number of hydrogen-bond donors (Lipinski definition) is 0. The Morgan fingerprint density at radius 3 is 2.53 bits per heavy atom. The van der Waals surface area contributed by atoms with E-state index in [2.05, 4.69) is 10.1 Å². The summed E-state index contributed by atoms with van der Waals surface area (Å²) in [6.45, 7) is 0. The minimum absolute atomic E-state index is 0.242. The van der Waals surface area contributed by atoms with Gasteiger partial charge in [-0.15, -0.1) is 5.10 Å². The molecule has 0 atom stereocenters. The van der Waals surface area contributed by atoms with Crippen molar-refractivity contribution in [3.05, 3.63) is 42.0 Å². The summed E-state index contributed by atoms with van der Waals surface area (Å²) < 4.78 is 37.8. The maximum absolute atomic E-state index is 12.3. The normalized spacial score (nSPS) is 11.5. The first kappa shape index (κ1) is 11.3. The van der Waals surface area contributed by atoms with Gasteiger partial charge in [0.15, 0.2) is 6.29 Å². The van der Waals surface area contributed by atoms with E-state index in [0.29, 0.717) is 6.29 Å². The molecule has 1 heterocycles. The van der Waals surface area contributed by atoms with Crippen molar-refractivity contribution < 1.29 is 18.0 Å². The molecule has 7 heteroatoms. The van der Waals surface area contributed by atoms with Crippen LogP contribution in [0.1, 0.15) is 16.2 Å². The van der Waals surface area contributed by atoms with Gasteiger partial charge in [0.2, 0.25) is 0 Å². The largest absolute Gasteiger partial charge is 0.453 e. The molecule has 0 bridgehead atoms. The molecule has 0 spiro atoms. The van der Waals surface area contributed by atoms with E-state index in [0.717, 1.165) is 11.0 Å². The second-order valence-corrected chi connectivity index (χ2v) is 3.19. The Balaban J connectivity index is 2.47. The van der Waals surface area contributed by atoms with Crippen LogP contribution in [0.3, 0.4) is 0 Å². The highest BCUT2D eigenvalue weighted by atomic mass is 19.4. The lowest BCUT2D eigenvalue weighted by Gasteiger charge is -2.03. The van der Waals surface area contributed by atoms with Gasteiger partial charge in [-0.3, -0.25) is 4.79 Å². The summed E-state index contributed by atoms with van der Waals surface area (Å²) in [6, 6.07) is 6.17. The highest BCUT2D eigenvalue weighted by Gasteiger charge is 2.35. The number of para-hydroxylation sites is 1. The summed E-state index contributed by atoms with van der Waals surface area (Å²) in [5.74, 6) is -1.24. The number of aromatic nitrogens is 3. The molecule has 0 fully saturated rings. The Hall–Kier alpha value is -2.18. The molecular formula is C10H6F3N3O. The van der Waals surface area contributed by atoms with Gasteiger partial charge in [0.05, 0.1) is 5.69 Å². The first-order valence-electron chi connectivity index (χ1n) is 4.56. The molecule has 0 saturated heterocycles. The molecule has 1 aromatic heterocycles. The SMILES string of the molecule is O=Cc1ccccc1-n1cnc(C(F)(F)F)n1. The average molecular weight is 241 g/mol. The van der Waals surface area contributed by atoms with Gasteiger partial charge < -0.3 is 0 Å². The summed E-state index contributed by atoms with van der Waals surface area (Å²) >= 11 is 0. The Bertz CT molecular complexity index is 548. The van der Waals surface area contributed by atoms with Gasteiger partial charge in [-0.25, -0.2) is 9.67 Å². The minimum atomic E-state index is -4.60. The Labute approximate surface area is 93.7 Å². The fraction of sp³-hybridized carbons (Fsp3) is 0.100. The molecule has 0 saturated carbocycles. The number of halogens is 3. The third kappa shape index (κ3) is 2.17. The third-order valence-electron chi connectivity index (χ3n) is 2.06. The molecule has 0 aliphatic carbocycles. The van der Waals surface area contributed by atoms with E-state index < -0.39 is 12.0 Å². The number of carbonyl (C=O) groups is 1. The lowest BCUT2D eigenvalue weighted by molar-refractivity contribution is -0.144. The van der Waals surface area contributed by atoms with Gasteiger partial charge in [0, 0.05) is 5.56 Å². The summed E-state index contributed by atoms with van der Waals surface area (Å²) in [6.07, 6.45) is -3.13. The maximum Gasteiger partial charge on any atom is 0.453 e. The van der Waals surface area contributed by atoms with Gasteiger partial charge in [0.1, 0.15) is 6.33 Å². The van der Waals surface area contributed by atoms with Crippen molar-refractivity contribution in [1.82, 2.24) is 14.8 Å². The molecule has 0 N–H and O–H groups in total. The van der Waals surface area contributed by atoms with Crippen molar-refractivity contribution >= 4 is 6.29 Å². The van der Waals surface area contributed by atoms with Crippen molar-refractivity contribution in [2.24, 2.45) is 0 Å². The molecular weight excluding hydrogens is 235 g/mol. The van der Waals surface area contributed by atoms with Crippen LogP contribution in [0.25, 0.3) is 5.69 Å². The van der Waals surface area contributed by atoms with Crippen LogP contribution in [0, 0.1) is 0 Å². The predicted molar refractivity (Wildman–Crippen MR) is 51.7 cm³/mol. The number of rotatable bonds is 2. The number of hydrogen-bond acceptors (Lipinski definition) is 3. The monoisotopic (exact) mass is 241 g/mol. The van der Waals surface area contributed by atoms with Crippen molar-refractivity contribution in [3.63, 3.8) is 0 Å². The van der Waals surface area contributed by atoms with Crippen LogP contribution in [-0.4, -0.2) is 21.1 Å². The second kappa shape index (κ2) is 4.00. The van der Waals surface area contributed by atoms with E-state index in [4.69, 9.17) is 0 Å². The average Bonchev–Trinajstić information content (AvgIpc) is 2.77. The number of benzene rings is 1. The molecule has 0 radical (unpaired) electrons. The quantitative estimate of drug-likeness (QED) is 0.756. The Kier molecular flexibility index (Phi) is 2.66. The topological polar surface area (TPSA) is 47.8 Å². The predicted octanol–water partition coefficient (Wildman–Crippen LogP) is 2.10. The van der Waals surface area contributed by atoms with Gasteiger partial charge in [-0.1, -0.05) is 12.1 Å². The first-order valence-corrected chi connectivity index (χ1v) is 4.56. The zero-order chi connectivity index (χ0) is 12.5. The third-order valence-corrected chi connectivity index (χ3v) is 2.06. The van der Waals surface area contributed by atoms with Gasteiger partial charge in [-0.05, 0) is 12.1 Å². The second-order valence-electron chi connectivity index (χ2n) is 3.19. The highest BCUT2D eigenvalue weighted by molar-refractivity contribution is 5.80. The number of aldehydes is 1. The van der Waals surface area contributed by atoms with E-state index in [1.165, 1.54) is 12.1 Å². The van der Waals surface area contributed by atoms with E-state index in [-0.39, 0.29) is 11.3 Å². The fourth-order valence-electron chi connectivity index (χ4n) is 1.30. The molecule has 0 amide bonds. The van der Waals surface area contributed by atoms with Crippen molar-refractivity contribution in [2.45, 2.75) is 6.18 Å². The van der Waals surface area contributed by atoms with Crippen LogP contribution < -0.4 is 0 Å². The standard InChI is InChI=1S/C10H6F3N3O/c11-10(12,13)9-14-6-16(15-9)8-4-2-1-3-7(8)5-17/h1-6H. The highest BCUT2D eigenvalue weighted by Crippen LogP contribution is 2.26. The fourth-order valence-corrected chi connectivity index (χ4v) is 1.30. The summed E-state index contributed by atoms with van der Waals surface area (Å²) in [7, 11) is 0. The number of carbonyl (C=O) groups excluding carboxylic acids is 1. The van der Waals surface area contributed by atoms with Crippen molar-refractivity contribution in [3.8, 4) is 5.69 Å². The molecule has 0 aliphatic rings. The van der Waals surface area contributed by atoms with Crippen LogP contribution in [0.15, 0.2) is 30.6 Å². The molecule has 2 rings (SSSR count). The van der Waals surface area contributed by atoms with Gasteiger partial charge in [0.25, 0.3) is 5.82 Å². The molecule has 0 unspecified atom stereocenters. The Morgan fingerprint density at radius 2 is 1.94 bits per heavy atom. The molecule has 2 aromatic rings. The summed E-state index contributed by atoms with van der Waals surface area (Å²) in [5, 5.41) is 3.28. The zero-order valence-corrected chi connectivity index (χ0v) is 8.35. The molecule has 1 aromatic carbocycles. The molecule has 4 nitrogen and oxygen atoms in total. The molecule has 0 aliphatic heterocycles. The van der Waals surface area contributed by atoms with Gasteiger partial charge in [-0.2, -0.15) is 13.2 Å². The minimum Gasteiger partial charge on any atom is -0.298 e. The Morgan fingerprint density at radius 1 is 1.24 bits per heavy atom. The molecule has 88 valence electrons. The van der Waals surface area contributed by atoms with Crippen LogP contribution in [-0.2, 0) is 6.18 Å². The smallest absolute Gasteiger partial charge is 0.298 e. The number of nitrogens with zero attached hydrogens (tertiary/aromatic N) is 3. The van der Waals surface area contributed by atoms with Crippen molar-refractivity contribution in [1.29, 1.82) is 0 Å². The van der Waals surface area contributed by atoms with Crippen LogP contribution in [0.2, 0.25) is 0 Å². The first-order chi connectivity index (χ1) is 8.02. The van der Waals surface area contributed by atoms with Crippen LogP contribution in [0.5, 0.6) is 0 Å². The summed E-state index contributed by atoms with van der Waals surface area (Å²) in [4.78, 5) is 13.9.